The molecule has 1 heterocycles. The maximum atomic E-state index is 12.0. The van der Waals surface area contributed by atoms with Crippen molar-refractivity contribution in [3.05, 3.63) is 47.3 Å². The lowest BCUT2D eigenvalue weighted by Gasteiger charge is -2.09. The maximum absolute atomic E-state index is 12.0. The average Bonchev–Trinajstić information content (AvgIpc) is 2.96. The highest BCUT2D eigenvalue weighted by Gasteiger charge is 2.10. The molecule has 0 radical (unpaired) electrons. The Bertz CT molecular complexity index is 671. The number of aliphatic hydroxyl groups is 1. The quantitative estimate of drug-likeness (QED) is 0.787. The molecule has 2 rings (SSSR count). The van der Waals surface area contributed by atoms with Crippen molar-refractivity contribution in [3.8, 4) is 11.8 Å². The molecular formula is C14H13N3O3. The zero-order valence-electron chi connectivity index (χ0n) is 10.8. The molecule has 6 nitrogen and oxygen atoms in total. The number of aromatic nitrogens is 1. The number of nitrogens with zero attached hydrogens (tertiary/aromatic N) is 1. The van der Waals surface area contributed by atoms with E-state index in [0.717, 1.165) is 0 Å². The lowest BCUT2D eigenvalue weighted by molar-refractivity contribution is 0.102. The van der Waals surface area contributed by atoms with Crippen LogP contribution in [0.25, 0.3) is 0 Å². The molecule has 0 bridgehead atoms. The van der Waals surface area contributed by atoms with Gasteiger partial charge in [0.1, 0.15) is 23.2 Å². The minimum atomic E-state index is -0.361. The van der Waals surface area contributed by atoms with Gasteiger partial charge in [-0.1, -0.05) is 0 Å². The van der Waals surface area contributed by atoms with Crippen LogP contribution in [-0.2, 0) is 6.61 Å². The van der Waals surface area contributed by atoms with Crippen molar-refractivity contribution in [3.63, 3.8) is 0 Å². The molecule has 0 aliphatic rings. The normalized spacial score (nSPS) is 9.85. The van der Waals surface area contributed by atoms with E-state index < -0.39 is 0 Å². The molecule has 0 fully saturated rings. The summed E-state index contributed by atoms with van der Waals surface area (Å²) in [5.74, 6) is 0.192. The summed E-state index contributed by atoms with van der Waals surface area (Å²) in [6, 6.07) is 9.94. The van der Waals surface area contributed by atoms with E-state index in [1.807, 2.05) is 6.07 Å². The van der Waals surface area contributed by atoms with Gasteiger partial charge in [0.15, 0.2) is 0 Å². The van der Waals surface area contributed by atoms with Crippen LogP contribution in [0.1, 0.15) is 21.7 Å². The average molecular weight is 271 g/mol. The highest BCUT2D eigenvalue weighted by molar-refractivity contribution is 6.03. The second-order valence-corrected chi connectivity index (χ2v) is 4.04. The lowest BCUT2D eigenvalue weighted by Crippen LogP contribution is -2.12. The third-order valence-electron chi connectivity index (χ3n) is 2.76. The van der Waals surface area contributed by atoms with Crippen LogP contribution < -0.4 is 10.1 Å². The van der Waals surface area contributed by atoms with Gasteiger partial charge in [-0.15, -0.1) is 0 Å². The van der Waals surface area contributed by atoms with Gasteiger partial charge in [-0.3, -0.25) is 4.79 Å². The SMILES string of the molecule is COc1ccc(NC(=O)c2ccc(C#N)[nH]2)cc1CO. The molecule has 1 amide bonds. The summed E-state index contributed by atoms with van der Waals surface area (Å²) in [4.78, 5) is 14.6. The van der Waals surface area contributed by atoms with Crippen molar-refractivity contribution in [2.75, 3.05) is 12.4 Å². The van der Waals surface area contributed by atoms with Crippen molar-refractivity contribution in [1.29, 1.82) is 5.26 Å². The smallest absolute Gasteiger partial charge is 0.272 e. The molecule has 6 heteroatoms. The number of hydrogen-bond donors (Lipinski definition) is 3. The minimum Gasteiger partial charge on any atom is -0.496 e. The highest BCUT2D eigenvalue weighted by Crippen LogP contribution is 2.22. The van der Waals surface area contributed by atoms with E-state index in [0.29, 0.717) is 28.4 Å². The number of carbonyl (C=O) groups is 1. The standard InChI is InChI=1S/C14H13N3O3/c1-20-13-5-3-10(6-9(13)8-18)17-14(19)12-4-2-11(7-15)16-12/h2-6,16,18H,8H2,1H3,(H,17,19). The van der Waals surface area contributed by atoms with Gasteiger partial charge in [-0.2, -0.15) is 5.26 Å². The van der Waals surface area contributed by atoms with Crippen LogP contribution in [0, 0.1) is 11.3 Å². The number of amides is 1. The van der Waals surface area contributed by atoms with Crippen molar-refractivity contribution in [2.24, 2.45) is 0 Å². The summed E-state index contributed by atoms with van der Waals surface area (Å²) < 4.78 is 5.08. The molecular weight excluding hydrogens is 258 g/mol. The molecule has 0 atom stereocenters. The van der Waals surface area contributed by atoms with Crippen LogP contribution >= 0.6 is 0 Å². The van der Waals surface area contributed by atoms with E-state index in [1.165, 1.54) is 19.2 Å². The van der Waals surface area contributed by atoms with E-state index in [9.17, 15) is 9.90 Å². The van der Waals surface area contributed by atoms with Gasteiger partial charge in [0, 0.05) is 11.3 Å². The molecule has 3 N–H and O–H groups in total. The third-order valence-corrected chi connectivity index (χ3v) is 2.76. The number of benzene rings is 1. The number of methoxy groups -OCH3 is 1. The van der Waals surface area contributed by atoms with Crippen molar-refractivity contribution >= 4 is 11.6 Å². The van der Waals surface area contributed by atoms with Gasteiger partial charge in [0.25, 0.3) is 5.91 Å². The van der Waals surface area contributed by atoms with E-state index in [-0.39, 0.29) is 12.5 Å². The predicted octanol–water partition coefficient (Wildman–Crippen LogP) is 1.64. The first-order chi connectivity index (χ1) is 9.67. The zero-order chi connectivity index (χ0) is 14.5. The minimum absolute atomic E-state index is 0.187. The van der Waals surface area contributed by atoms with Gasteiger partial charge in [0.05, 0.1) is 13.7 Å². The Balaban J connectivity index is 2.17. The number of aromatic amines is 1. The first-order valence-corrected chi connectivity index (χ1v) is 5.86. The molecule has 0 unspecified atom stereocenters. The molecule has 1 aromatic heterocycles. The molecule has 20 heavy (non-hydrogen) atoms. The van der Waals surface area contributed by atoms with Crippen LogP contribution in [0.2, 0.25) is 0 Å². The molecule has 0 aliphatic heterocycles. The molecule has 0 saturated heterocycles. The Morgan fingerprint density at radius 1 is 1.45 bits per heavy atom. The maximum Gasteiger partial charge on any atom is 0.272 e. The number of rotatable bonds is 4. The Hall–Kier alpha value is -2.78. The van der Waals surface area contributed by atoms with Crippen LogP contribution in [-0.4, -0.2) is 23.1 Å². The second kappa shape index (κ2) is 5.91. The lowest BCUT2D eigenvalue weighted by atomic mass is 10.2. The van der Waals surface area contributed by atoms with E-state index in [2.05, 4.69) is 10.3 Å². The number of aliphatic hydroxyl groups excluding tert-OH is 1. The van der Waals surface area contributed by atoms with Crippen LogP contribution in [0.4, 0.5) is 5.69 Å². The third kappa shape index (κ3) is 2.79. The second-order valence-electron chi connectivity index (χ2n) is 4.04. The number of H-pyrrole nitrogens is 1. The largest absolute Gasteiger partial charge is 0.496 e. The molecule has 0 saturated carbocycles. The van der Waals surface area contributed by atoms with Gasteiger partial charge < -0.3 is 20.1 Å². The monoisotopic (exact) mass is 271 g/mol. The Morgan fingerprint density at radius 3 is 2.85 bits per heavy atom. The van der Waals surface area contributed by atoms with E-state index >= 15 is 0 Å². The fraction of sp³-hybridized carbons (Fsp3) is 0.143. The molecule has 1 aromatic carbocycles. The highest BCUT2D eigenvalue weighted by atomic mass is 16.5. The summed E-state index contributed by atoms with van der Waals surface area (Å²) in [6.45, 7) is -0.187. The van der Waals surface area contributed by atoms with E-state index in [4.69, 9.17) is 10.00 Å². The summed E-state index contributed by atoms with van der Waals surface area (Å²) in [6.07, 6.45) is 0. The topological polar surface area (TPSA) is 98.1 Å². The number of carbonyl (C=O) groups excluding carboxylic acids is 1. The first kappa shape index (κ1) is 13.6. The fourth-order valence-corrected chi connectivity index (χ4v) is 1.77. The van der Waals surface area contributed by atoms with Crippen LogP contribution in [0.15, 0.2) is 30.3 Å². The zero-order valence-corrected chi connectivity index (χ0v) is 10.8. The Morgan fingerprint density at radius 2 is 2.25 bits per heavy atom. The number of nitriles is 1. The fourth-order valence-electron chi connectivity index (χ4n) is 1.77. The van der Waals surface area contributed by atoms with Crippen molar-refractivity contribution < 1.29 is 14.6 Å². The van der Waals surface area contributed by atoms with Gasteiger partial charge in [0.2, 0.25) is 0 Å². The number of anilines is 1. The van der Waals surface area contributed by atoms with Crippen LogP contribution in [0.3, 0.4) is 0 Å². The summed E-state index contributed by atoms with van der Waals surface area (Å²) in [5.41, 5.74) is 1.73. The van der Waals surface area contributed by atoms with Gasteiger partial charge in [-0.25, -0.2) is 0 Å². The van der Waals surface area contributed by atoms with E-state index in [1.54, 1.807) is 18.2 Å². The number of ether oxygens (including phenoxy) is 1. The number of nitrogens with one attached hydrogen (secondary N) is 2. The molecule has 0 spiro atoms. The first-order valence-electron chi connectivity index (χ1n) is 5.86. The predicted molar refractivity (Wildman–Crippen MR) is 72.4 cm³/mol. The van der Waals surface area contributed by atoms with Crippen molar-refractivity contribution in [2.45, 2.75) is 6.61 Å². The Labute approximate surface area is 115 Å². The van der Waals surface area contributed by atoms with Gasteiger partial charge in [-0.05, 0) is 30.3 Å². The summed E-state index contributed by atoms with van der Waals surface area (Å²) in [5, 5.41) is 20.6. The Kier molecular flexibility index (Phi) is 4.03. The summed E-state index contributed by atoms with van der Waals surface area (Å²) >= 11 is 0. The summed E-state index contributed by atoms with van der Waals surface area (Å²) in [7, 11) is 1.51. The van der Waals surface area contributed by atoms with Gasteiger partial charge >= 0.3 is 0 Å². The van der Waals surface area contributed by atoms with Crippen molar-refractivity contribution in [1.82, 2.24) is 4.98 Å². The molecule has 0 aliphatic carbocycles. The molecule has 2 aromatic rings. The molecule has 102 valence electrons. The van der Waals surface area contributed by atoms with Crippen LogP contribution in [0.5, 0.6) is 5.75 Å². The number of hydrogen-bond acceptors (Lipinski definition) is 4.